The van der Waals surface area contributed by atoms with Gasteiger partial charge in [-0.1, -0.05) is 0 Å². The highest BCUT2D eigenvalue weighted by Crippen LogP contribution is 2.35. The Bertz CT molecular complexity index is 392. The number of nitrogens with zero attached hydrogens (tertiary/aromatic N) is 2. The molecule has 2 atom stereocenters. The number of nitrogens with one attached hydrogen (secondary N) is 1. The third-order valence-electron chi connectivity index (χ3n) is 3.21. The minimum absolute atomic E-state index is 0.213. The van der Waals surface area contributed by atoms with Gasteiger partial charge in [0.05, 0.1) is 18.3 Å². The van der Waals surface area contributed by atoms with Crippen LogP contribution in [-0.4, -0.2) is 35.4 Å². The van der Waals surface area contributed by atoms with E-state index in [1.807, 2.05) is 10.9 Å². The van der Waals surface area contributed by atoms with Gasteiger partial charge >= 0.3 is 0 Å². The molecule has 1 saturated heterocycles. The van der Waals surface area contributed by atoms with E-state index in [0.717, 1.165) is 18.4 Å². The maximum Gasteiger partial charge on any atom is 0.265 e. The zero-order chi connectivity index (χ0) is 11.8. The van der Waals surface area contributed by atoms with E-state index in [4.69, 9.17) is 4.74 Å². The Kier molecular flexibility index (Phi) is 2.84. The van der Waals surface area contributed by atoms with Gasteiger partial charge in [0.15, 0.2) is 0 Å². The predicted octanol–water partition coefficient (Wildman–Crippen LogP) is 1.51. The molecule has 2 unspecified atom stereocenters. The van der Waals surface area contributed by atoms with Crippen LogP contribution >= 0.6 is 0 Å². The number of rotatable bonds is 3. The first kappa shape index (κ1) is 11.1. The van der Waals surface area contributed by atoms with Crippen LogP contribution in [0.2, 0.25) is 0 Å². The minimum Gasteiger partial charge on any atom is -0.362 e. The van der Waals surface area contributed by atoms with Gasteiger partial charge in [-0.2, -0.15) is 5.10 Å². The van der Waals surface area contributed by atoms with Crippen LogP contribution in [0.5, 0.6) is 0 Å². The van der Waals surface area contributed by atoms with Gasteiger partial charge in [-0.05, 0) is 12.8 Å². The molecule has 2 aliphatic rings. The number of hydrogen-bond donors (Lipinski definition) is 1. The van der Waals surface area contributed by atoms with Crippen LogP contribution in [0.15, 0.2) is 12.4 Å². The first-order chi connectivity index (χ1) is 8.24. The molecule has 0 aromatic carbocycles. The van der Waals surface area contributed by atoms with Gasteiger partial charge in [0, 0.05) is 24.8 Å². The quantitative estimate of drug-likeness (QED) is 0.874. The Hall–Kier alpha value is -1.01. The molecule has 0 radical (unpaired) electrons. The summed E-state index contributed by atoms with van der Waals surface area (Å²) in [7, 11) is 0. The van der Waals surface area contributed by atoms with Crippen molar-refractivity contribution >= 4 is 0 Å². The zero-order valence-electron chi connectivity index (χ0n) is 9.35. The van der Waals surface area contributed by atoms with Crippen molar-refractivity contribution in [3.8, 4) is 0 Å². The second kappa shape index (κ2) is 4.34. The minimum atomic E-state index is -2.44. The van der Waals surface area contributed by atoms with Crippen molar-refractivity contribution in [2.75, 3.05) is 13.1 Å². The fourth-order valence-corrected chi connectivity index (χ4v) is 2.07. The topological polar surface area (TPSA) is 39.1 Å². The smallest absolute Gasteiger partial charge is 0.265 e. The molecular formula is C11H15F2N3O. The third kappa shape index (κ3) is 2.32. The summed E-state index contributed by atoms with van der Waals surface area (Å²) < 4.78 is 32.4. The van der Waals surface area contributed by atoms with Gasteiger partial charge in [-0.15, -0.1) is 0 Å². The molecule has 1 aromatic rings. The van der Waals surface area contributed by atoms with Crippen molar-refractivity contribution in [2.45, 2.75) is 37.5 Å². The molecule has 2 heterocycles. The van der Waals surface area contributed by atoms with E-state index < -0.39 is 12.5 Å². The molecule has 0 bridgehead atoms. The Morgan fingerprint density at radius 1 is 1.41 bits per heavy atom. The van der Waals surface area contributed by atoms with Gasteiger partial charge in [-0.3, -0.25) is 4.68 Å². The summed E-state index contributed by atoms with van der Waals surface area (Å²) in [6, 6.07) is 0.506. The maximum atomic E-state index is 12.6. The third-order valence-corrected chi connectivity index (χ3v) is 3.21. The number of hydrogen-bond acceptors (Lipinski definition) is 3. The molecule has 1 aliphatic heterocycles. The molecule has 1 saturated carbocycles. The second-order valence-electron chi connectivity index (χ2n) is 4.64. The molecule has 1 aromatic heterocycles. The van der Waals surface area contributed by atoms with Crippen molar-refractivity contribution < 1.29 is 13.5 Å². The lowest BCUT2D eigenvalue weighted by Crippen LogP contribution is -2.44. The van der Waals surface area contributed by atoms with Crippen molar-refractivity contribution in [3.63, 3.8) is 0 Å². The summed E-state index contributed by atoms with van der Waals surface area (Å²) >= 11 is 0. The van der Waals surface area contributed by atoms with E-state index in [9.17, 15) is 8.78 Å². The van der Waals surface area contributed by atoms with E-state index in [1.54, 1.807) is 6.20 Å². The molecule has 17 heavy (non-hydrogen) atoms. The Morgan fingerprint density at radius 2 is 2.24 bits per heavy atom. The van der Waals surface area contributed by atoms with E-state index in [0.29, 0.717) is 12.6 Å². The van der Waals surface area contributed by atoms with Crippen molar-refractivity contribution in [1.82, 2.24) is 15.1 Å². The normalized spacial score (nSPS) is 29.8. The number of morpholine rings is 1. The van der Waals surface area contributed by atoms with Gasteiger partial charge < -0.3 is 10.1 Å². The van der Waals surface area contributed by atoms with E-state index >= 15 is 0 Å². The lowest BCUT2D eigenvalue weighted by Gasteiger charge is -2.29. The average Bonchev–Trinajstić information content (AvgIpc) is 3.07. The van der Waals surface area contributed by atoms with Crippen LogP contribution in [0, 0.1) is 0 Å². The summed E-state index contributed by atoms with van der Waals surface area (Å²) in [5.74, 6) is 0. The number of ether oxygens (including phenoxy) is 1. The molecule has 0 spiro atoms. The largest absolute Gasteiger partial charge is 0.362 e. The van der Waals surface area contributed by atoms with E-state index in [-0.39, 0.29) is 12.6 Å². The summed E-state index contributed by atoms with van der Waals surface area (Å²) in [5.41, 5.74) is 0.884. The summed E-state index contributed by atoms with van der Waals surface area (Å²) in [5, 5.41) is 7.22. The molecule has 1 N–H and O–H groups in total. The van der Waals surface area contributed by atoms with Gasteiger partial charge in [0.2, 0.25) is 0 Å². The van der Waals surface area contributed by atoms with E-state index in [2.05, 4.69) is 10.4 Å². The lowest BCUT2D eigenvalue weighted by atomic mass is 10.1. The van der Waals surface area contributed by atoms with Gasteiger partial charge in [-0.25, -0.2) is 8.78 Å². The first-order valence-corrected chi connectivity index (χ1v) is 5.92. The Balaban J connectivity index is 1.69. The number of halogens is 2. The van der Waals surface area contributed by atoms with Crippen LogP contribution in [0.4, 0.5) is 8.78 Å². The molecular weight excluding hydrogens is 228 g/mol. The lowest BCUT2D eigenvalue weighted by molar-refractivity contribution is -0.110. The molecule has 1 aliphatic carbocycles. The van der Waals surface area contributed by atoms with Crippen LogP contribution in [-0.2, 0) is 4.74 Å². The fraction of sp³-hybridized carbons (Fsp3) is 0.727. The van der Waals surface area contributed by atoms with Crippen LogP contribution in [0.25, 0.3) is 0 Å². The second-order valence-corrected chi connectivity index (χ2v) is 4.64. The monoisotopic (exact) mass is 243 g/mol. The van der Waals surface area contributed by atoms with Gasteiger partial charge in [0.1, 0.15) is 6.10 Å². The van der Waals surface area contributed by atoms with Crippen molar-refractivity contribution in [2.24, 2.45) is 0 Å². The average molecular weight is 243 g/mol. The van der Waals surface area contributed by atoms with Crippen LogP contribution in [0.1, 0.15) is 30.6 Å². The van der Waals surface area contributed by atoms with Crippen molar-refractivity contribution in [3.05, 3.63) is 18.0 Å². The highest BCUT2D eigenvalue weighted by molar-refractivity contribution is 5.11. The highest BCUT2D eigenvalue weighted by atomic mass is 19.3. The standard InChI is InChI=1S/C11H15F2N3O/c12-11(13)10-5-14-4-9(17-10)7-3-15-16(6-7)8-1-2-8/h3,6,8-11,14H,1-2,4-5H2. The highest BCUT2D eigenvalue weighted by Gasteiger charge is 2.31. The number of alkyl halides is 2. The van der Waals surface area contributed by atoms with E-state index in [1.165, 1.54) is 0 Å². The number of aromatic nitrogens is 2. The summed E-state index contributed by atoms with van der Waals surface area (Å²) in [4.78, 5) is 0. The van der Waals surface area contributed by atoms with Crippen LogP contribution < -0.4 is 5.32 Å². The van der Waals surface area contributed by atoms with Gasteiger partial charge in [0.25, 0.3) is 6.43 Å². The Morgan fingerprint density at radius 3 is 2.94 bits per heavy atom. The first-order valence-electron chi connectivity index (χ1n) is 5.92. The SMILES string of the molecule is FC(F)C1CNCC(c2cnn(C3CC3)c2)O1. The molecule has 4 nitrogen and oxygen atoms in total. The maximum absolute atomic E-state index is 12.6. The Labute approximate surface area is 97.9 Å². The molecule has 94 valence electrons. The fourth-order valence-electron chi connectivity index (χ4n) is 2.07. The molecule has 2 fully saturated rings. The van der Waals surface area contributed by atoms with Crippen LogP contribution in [0.3, 0.4) is 0 Å². The summed E-state index contributed by atoms with van der Waals surface area (Å²) in [6.45, 7) is 0.782. The molecule has 6 heteroatoms. The summed E-state index contributed by atoms with van der Waals surface area (Å²) in [6.07, 6.45) is 2.18. The molecule has 0 amide bonds. The van der Waals surface area contributed by atoms with Crippen molar-refractivity contribution in [1.29, 1.82) is 0 Å². The predicted molar refractivity (Wildman–Crippen MR) is 57.0 cm³/mol. The molecule has 3 rings (SSSR count). The zero-order valence-corrected chi connectivity index (χ0v) is 9.35.